The van der Waals surface area contributed by atoms with E-state index in [2.05, 4.69) is 17.6 Å². The number of ether oxygens (including phenoxy) is 1. The van der Waals surface area contributed by atoms with Gasteiger partial charge >= 0.3 is 11.9 Å². The first-order valence-electron chi connectivity index (χ1n) is 16.2. The van der Waals surface area contributed by atoms with Crippen LogP contribution in [0.25, 0.3) is 0 Å². The van der Waals surface area contributed by atoms with E-state index >= 15 is 0 Å². The molecule has 0 aliphatic heterocycles. The van der Waals surface area contributed by atoms with Gasteiger partial charge in [-0.1, -0.05) is 33.3 Å². The van der Waals surface area contributed by atoms with Gasteiger partial charge in [0.05, 0.1) is 19.1 Å². The fourth-order valence-electron chi connectivity index (χ4n) is 8.93. The maximum Gasteiger partial charge on any atom is 0.328 e. The highest BCUT2D eigenvalue weighted by Gasteiger charge is 2.68. The Bertz CT molecular complexity index is 1300. The number of esters is 1. The van der Waals surface area contributed by atoms with Crippen molar-refractivity contribution in [3.63, 3.8) is 0 Å². The predicted molar refractivity (Wildman–Crippen MR) is 162 cm³/mol. The molecule has 0 aromatic carbocycles. The molecule has 0 unspecified atom stereocenters. The van der Waals surface area contributed by atoms with Crippen LogP contribution in [0.4, 0.5) is 0 Å². The first-order valence-corrected chi connectivity index (χ1v) is 16.2. The van der Waals surface area contributed by atoms with E-state index in [0.717, 1.165) is 18.4 Å². The quantitative estimate of drug-likeness (QED) is 0.163. The van der Waals surface area contributed by atoms with Gasteiger partial charge in [0, 0.05) is 18.3 Å². The van der Waals surface area contributed by atoms with Crippen molar-refractivity contribution in [2.75, 3.05) is 13.2 Å². The molecule has 0 spiro atoms. The van der Waals surface area contributed by atoms with E-state index < -0.39 is 84.3 Å². The number of amides is 2. The Morgan fingerprint density at radius 1 is 1.04 bits per heavy atom. The maximum atomic E-state index is 13.5. The molecule has 4 aliphatic carbocycles. The summed E-state index contributed by atoms with van der Waals surface area (Å²) in [6, 6.07) is -2.66. The van der Waals surface area contributed by atoms with Gasteiger partial charge in [-0.3, -0.25) is 24.0 Å². The van der Waals surface area contributed by atoms with E-state index in [9.17, 15) is 39.0 Å². The topological polar surface area (TPSA) is 217 Å². The van der Waals surface area contributed by atoms with E-state index in [1.807, 2.05) is 6.92 Å². The number of carbonyl (C=O) groups excluding carboxylic acids is 5. The summed E-state index contributed by atoms with van der Waals surface area (Å²) in [5, 5.41) is 46.2. The molecular weight excluding hydrogens is 600 g/mol. The van der Waals surface area contributed by atoms with Crippen molar-refractivity contribution in [1.82, 2.24) is 10.6 Å². The Kier molecular flexibility index (Phi) is 10.5. The Labute approximate surface area is 268 Å². The fraction of sp³-hybridized carbons (Fsp3) is 0.758. The number of hydrogen-bond donors (Lipinski definition) is 6. The summed E-state index contributed by atoms with van der Waals surface area (Å²) < 4.78 is 5.18. The molecule has 3 saturated carbocycles. The number of fused-ring (bicyclic) bond motifs is 5. The van der Waals surface area contributed by atoms with E-state index in [1.165, 1.54) is 0 Å². The third kappa shape index (κ3) is 6.50. The van der Waals surface area contributed by atoms with E-state index in [4.69, 9.17) is 14.9 Å². The number of rotatable bonds is 12. The van der Waals surface area contributed by atoms with Crippen LogP contribution < -0.4 is 10.6 Å². The summed E-state index contributed by atoms with van der Waals surface area (Å²) in [6.07, 6.45) is 3.81. The molecule has 0 heterocycles. The van der Waals surface area contributed by atoms with Crippen LogP contribution in [0, 0.1) is 34.5 Å². The highest BCUT2D eigenvalue weighted by molar-refractivity contribution is 5.93. The molecule has 6 N–H and O–H groups in total. The van der Waals surface area contributed by atoms with Gasteiger partial charge in [0.1, 0.15) is 17.7 Å². The van der Waals surface area contributed by atoms with Gasteiger partial charge < -0.3 is 35.8 Å². The summed E-state index contributed by atoms with van der Waals surface area (Å²) in [4.78, 5) is 74.2. The van der Waals surface area contributed by atoms with Crippen LogP contribution in [-0.2, 0) is 33.5 Å². The predicted octanol–water partition coefficient (Wildman–Crippen LogP) is 0.815. The standard InChI is InChI=1S/C33H48N2O11/c1-17(2)28(29(42)34-22(15-36)30(43)44)35-25(40)7-8-26(41)46-16-24(39)33(45)12-10-21-20-6-5-18-13-19(37)9-11-31(18,3)27(20)23(38)14-32(21,33)4/h13,17,20-23,27-28,36,38,45H,5-12,14-16H2,1-4H3,(H,34,42)(H,35,40)(H,43,44)/t20-,21+,22+,23-,27-,28-,31-,32-,33-/m0/s1. The summed E-state index contributed by atoms with van der Waals surface area (Å²) in [5.41, 5.74) is -1.94. The second-order valence-electron chi connectivity index (χ2n) is 14.4. The molecule has 256 valence electrons. The number of aliphatic hydroxyl groups excluding tert-OH is 2. The van der Waals surface area contributed by atoms with Gasteiger partial charge in [-0.05, 0) is 73.7 Å². The number of aliphatic hydroxyl groups is 3. The second-order valence-corrected chi connectivity index (χ2v) is 14.4. The number of aliphatic carboxylic acids is 1. The molecule has 0 aromatic heterocycles. The Morgan fingerprint density at radius 3 is 2.37 bits per heavy atom. The number of nitrogens with one attached hydrogen (secondary N) is 2. The van der Waals surface area contributed by atoms with Crippen molar-refractivity contribution in [1.29, 1.82) is 0 Å². The number of allylic oxidation sites excluding steroid dienone is 1. The molecule has 13 heteroatoms. The van der Waals surface area contributed by atoms with Crippen LogP contribution in [0.15, 0.2) is 11.6 Å². The van der Waals surface area contributed by atoms with Crippen LogP contribution in [0.1, 0.15) is 85.5 Å². The minimum Gasteiger partial charge on any atom is -0.480 e. The monoisotopic (exact) mass is 648 g/mol. The summed E-state index contributed by atoms with van der Waals surface area (Å²) in [6.45, 7) is 5.71. The van der Waals surface area contributed by atoms with Crippen LogP contribution in [0.5, 0.6) is 0 Å². The molecule has 4 rings (SSSR count). The van der Waals surface area contributed by atoms with Crippen LogP contribution in [-0.4, -0.2) is 92.7 Å². The van der Waals surface area contributed by atoms with E-state index in [-0.39, 0.29) is 48.2 Å². The lowest BCUT2D eigenvalue weighted by atomic mass is 9.45. The van der Waals surface area contributed by atoms with E-state index in [1.54, 1.807) is 19.9 Å². The highest BCUT2D eigenvalue weighted by atomic mass is 16.5. The number of carboxylic acid groups (broad SMARTS) is 1. The molecule has 0 bridgehead atoms. The SMILES string of the molecule is CC(C)[C@H](NC(=O)CCC(=O)OCC(=O)[C@@]1(O)CC[C@@H]2[C@@H]3CCC4=CC(=O)CC[C@]4(C)[C@@H]3[C@@H](O)C[C@@]21C)C(=O)N[C@H](CO)C(=O)O. The molecule has 4 aliphatic rings. The van der Waals surface area contributed by atoms with Crippen LogP contribution >= 0.6 is 0 Å². The molecule has 13 nitrogen and oxygen atoms in total. The second kappa shape index (κ2) is 13.5. The van der Waals surface area contributed by atoms with Crippen LogP contribution in [0.3, 0.4) is 0 Å². The van der Waals surface area contributed by atoms with Gasteiger partial charge in [0.2, 0.25) is 17.6 Å². The lowest BCUT2D eigenvalue weighted by molar-refractivity contribution is -0.184. The number of ketones is 2. The third-order valence-electron chi connectivity index (χ3n) is 11.5. The van der Waals surface area contributed by atoms with Crippen molar-refractivity contribution in [3.05, 3.63) is 11.6 Å². The van der Waals surface area contributed by atoms with Crippen LogP contribution in [0.2, 0.25) is 0 Å². The minimum absolute atomic E-state index is 0.0282. The largest absolute Gasteiger partial charge is 0.480 e. The van der Waals surface area contributed by atoms with Gasteiger partial charge in [0.25, 0.3) is 0 Å². The zero-order valence-corrected chi connectivity index (χ0v) is 27.0. The zero-order chi connectivity index (χ0) is 34.2. The number of carboxylic acids is 1. The Hall–Kier alpha value is -3.16. The average Bonchev–Trinajstić information content (AvgIpc) is 3.26. The molecule has 2 amide bonds. The molecule has 0 saturated heterocycles. The number of hydrogen-bond acceptors (Lipinski definition) is 10. The number of carbonyl (C=O) groups is 6. The van der Waals surface area contributed by atoms with Crippen molar-refractivity contribution in [2.24, 2.45) is 34.5 Å². The Balaban J connectivity index is 1.33. The summed E-state index contributed by atoms with van der Waals surface area (Å²) in [5.74, 6) is -4.76. The lowest BCUT2D eigenvalue weighted by Gasteiger charge is -2.60. The molecule has 46 heavy (non-hydrogen) atoms. The average molecular weight is 649 g/mol. The normalized spacial score (nSPS) is 34.7. The van der Waals surface area contributed by atoms with Crippen molar-refractivity contribution < 1.29 is 53.9 Å². The number of Topliss-reactive ketones (excluding diaryl/α,β-unsaturated/α-hetero) is 1. The van der Waals surface area contributed by atoms with Gasteiger partial charge in [0.15, 0.2) is 12.4 Å². The Morgan fingerprint density at radius 2 is 1.74 bits per heavy atom. The molecule has 3 fully saturated rings. The molecule has 0 aromatic rings. The summed E-state index contributed by atoms with van der Waals surface area (Å²) in [7, 11) is 0. The zero-order valence-electron chi connectivity index (χ0n) is 27.0. The van der Waals surface area contributed by atoms with Crippen molar-refractivity contribution >= 4 is 35.3 Å². The van der Waals surface area contributed by atoms with Crippen molar-refractivity contribution in [3.8, 4) is 0 Å². The fourth-order valence-corrected chi connectivity index (χ4v) is 8.93. The summed E-state index contributed by atoms with van der Waals surface area (Å²) >= 11 is 0. The first-order chi connectivity index (χ1) is 21.5. The first kappa shape index (κ1) is 35.7. The third-order valence-corrected chi connectivity index (χ3v) is 11.5. The van der Waals surface area contributed by atoms with Gasteiger partial charge in [-0.25, -0.2) is 4.79 Å². The van der Waals surface area contributed by atoms with Gasteiger partial charge in [-0.15, -0.1) is 0 Å². The smallest absolute Gasteiger partial charge is 0.328 e. The molecule has 9 atom stereocenters. The van der Waals surface area contributed by atoms with Crippen molar-refractivity contribution in [2.45, 2.75) is 109 Å². The lowest BCUT2D eigenvalue weighted by Crippen LogP contribution is -2.62. The maximum absolute atomic E-state index is 13.5. The highest BCUT2D eigenvalue weighted by Crippen LogP contribution is 2.67. The minimum atomic E-state index is -1.80. The van der Waals surface area contributed by atoms with E-state index in [0.29, 0.717) is 19.3 Å². The van der Waals surface area contributed by atoms with Gasteiger partial charge in [-0.2, -0.15) is 0 Å². The molecular formula is C33H48N2O11. The molecule has 0 radical (unpaired) electrons.